The van der Waals surface area contributed by atoms with Gasteiger partial charge < -0.3 is 5.11 Å². The molecule has 0 radical (unpaired) electrons. The first-order valence-corrected chi connectivity index (χ1v) is 9.56. The molecule has 0 unspecified atom stereocenters. The van der Waals surface area contributed by atoms with E-state index in [1.54, 1.807) is 18.2 Å². The molecule has 3 rings (SSSR count). The van der Waals surface area contributed by atoms with E-state index < -0.39 is 16.0 Å². The summed E-state index contributed by atoms with van der Waals surface area (Å²) in [6, 6.07) is 5.07. The Morgan fingerprint density at radius 3 is 2.41 bits per heavy atom. The normalized spacial score (nSPS) is 11.5. The highest BCUT2D eigenvalue weighted by molar-refractivity contribution is 7.91. The number of benzene rings is 1. The largest absolute Gasteiger partial charge is 0.480 e. The second-order valence-electron chi connectivity index (χ2n) is 5.86. The van der Waals surface area contributed by atoms with Crippen molar-refractivity contribution in [2.45, 2.75) is 13.5 Å². The van der Waals surface area contributed by atoms with Gasteiger partial charge in [0.05, 0.1) is 11.8 Å². The molecule has 0 aliphatic carbocycles. The predicted octanol–water partition coefficient (Wildman–Crippen LogP) is 1.15. The molecular formula is C16H15N5O5S. The van der Waals surface area contributed by atoms with Gasteiger partial charge >= 0.3 is 5.97 Å². The second-order valence-corrected chi connectivity index (χ2v) is 7.61. The number of carbonyl (C=O) groups is 2. The van der Waals surface area contributed by atoms with Crippen LogP contribution in [0.15, 0.2) is 30.6 Å². The molecule has 0 spiro atoms. The highest BCUT2D eigenvalue weighted by atomic mass is 32.2. The standard InChI is InChI=1S/C16H15N5O5S/c1-9(22)15-12-5-10(3-4-13(12)21(19-15)8-14(23)24)11-6-17-16(18-7-11)20-27(2,25)26/h3-7H,8H2,1-2H3,(H,23,24)(H,17,18,20). The lowest BCUT2D eigenvalue weighted by Gasteiger charge is -2.05. The number of aromatic nitrogens is 4. The topological polar surface area (TPSA) is 144 Å². The van der Waals surface area contributed by atoms with Crippen molar-refractivity contribution in [1.29, 1.82) is 0 Å². The van der Waals surface area contributed by atoms with E-state index in [0.29, 0.717) is 22.0 Å². The van der Waals surface area contributed by atoms with Gasteiger partial charge in [0.15, 0.2) is 5.78 Å². The Hall–Kier alpha value is -3.34. The number of anilines is 1. The first kappa shape index (κ1) is 18.5. The minimum absolute atomic E-state index is 0.0546. The maximum atomic E-state index is 11.9. The Labute approximate surface area is 153 Å². The molecule has 2 heterocycles. The molecule has 2 aromatic heterocycles. The summed E-state index contributed by atoms with van der Waals surface area (Å²) in [5, 5.41) is 13.6. The number of Topliss-reactive ketones (excluding diaryl/α,β-unsaturated/α-hetero) is 1. The summed E-state index contributed by atoms with van der Waals surface area (Å²) in [7, 11) is -3.48. The van der Waals surface area contributed by atoms with Gasteiger partial charge in [0.25, 0.3) is 0 Å². The molecule has 1 aromatic carbocycles. The Kier molecular flexibility index (Phi) is 4.62. The molecule has 27 heavy (non-hydrogen) atoms. The van der Waals surface area contributed by atoms with E-state index in [2.05, 4.69) is 19.8 Å². The summed E-state index contributed by atoms with van der Waals surface area (Å²) < 4.78 is 25.8. The molecule has 0 bridgehead atoms. The van der Waals surface area contributed by atoms with Crippen LogP contribution in [-0.4, -0.2) is 51.3 Å². The number of carboxylic acids is 1. The summed E-state index contributed by atoms with van der Waals surface area (Å²) in [5.74, 6) is -1.41. The molecule has 0 amide bonds. The maximum Gasteiger partial charge on any atom is 0.325 e. The molecule has 11 heteroatoms. The zero-order chi connectivity index (χ0) is 19.8. The molecule has 0 atom stereocenters. The summed E-state index contributed by atoms with van der Waals surface area (Å²) in [6.07, 6.45) is 3.88. The molecule has 2 N–H and O–H groups in total. The molecule has 0 saturated carbocycles. The van der Waals surface area contributed by atoms with E-state index >= 15 is 0 Å². The van der Waals surface area contributed by atoms with E-state index in [4.69, 9.17) is 5.11 Å². The van der Waals surface area contributed by atoms with Crippen molar-refractivity contribution < 1.29 is 23.1 Å². The van der Waals surface area contributed by atoms with Gasteiger partial charge in [-0.05, 0) is 17.7 Å². The fraction of sp³-hybridized carbons (Fsp3) is 0.188. The van der Waals surface area contributed by atoms with Crippen LogP contribution in [-0.2, 0) is 21.4 Å². The summed E-state index contributed by atoms with van der Waals surface area (Å²) in [6.45, 7) is 0.992. The van der Waals surface area contributed by atoms with Crippen LogP contribution in [0.4, 0.5) is 5.95 Å². The number of aliphatic carboxylic acids is 1. The number of carbonyl (C=O) groups excluding carboxylic acids is 1. The Morgan fingerprint density at radius 1 is 1.19 bits per heavy atom. The Bertz CT molecular complexity index is 1150. The number of hydrogen-bond acceptors (Lipinski definition) is 7. The van der Waals surface area contributed by atoms with Crippen molar-refractivity contribution in [3.05, 3.63) is 36.3 Å². The van der Waals surface area contributed by atoms with Crippen LogP contribution >= 0.6 is 0 Å². The summed E-state index contributed by atoms with van der Waals surface area (Å²) in [4.78, 5) is 30.8. The lowest BCUT2D eigenvalue weighted by Crippen LogP contribution is -2.12. The number of fused-ring (bicyclic) bond motifs is 1. The van der Waals surface area contributed by atoms with Crippen LogP contribution in [0.1, 0.15) is 17.4 Å². The third-order valence-electron chi connectivity index (χ3n) is 3.63. The van der Waals surface area contributed by atoms with E-state index in [1.165, 1.54) is 24.0 Å². The van der Waals surface area contributed by atoms with Gasteiger partial charge in [0.2, 0.25) is 16.0 Å². The molecule has 0 fully saturated rings. The zero-order valence-corrected chi connectivity index (χ0v) is 15.2. The van der Waals surface area contributed by atoms with Crippen LogP contribution in [0, 0.1) is 0 Å². The van der Waals surface area contributed by atoms with Crippen molar-refractivity contribution in [2.24, 2.45) is 0 Å². The highest BCUT2D eigenvalue weighted by Gasteiger charge is 2.16. The lowest BCUT2D eigenvalue weighted by molar-refractivity contribution is -0.137. The predicted molar refractivity (Wildman–Crippen MR) is 96.9 cm³/mol. The Balaban J connectivity index is 2.04. The molecule has 140 valence electrons. The van der Waals surface area contributed by atoms with Gasteiger partial charge in [-0.15, -0.1) is 0 Å². The summed E-state index contributed by atoms with van der Waals surface area (Å²) in [5.41, 5.74) is 1.95. The number of nitrogens with zero attached hydrogens (tertiary/aromatic N) is 4. The number of ketones is 1. The van der Waals surface area contributed by atoms with Gasteiger partial charge in [0, 0.05) is 30.3 Å². The highest BCUT2D eigenvalue weighted by Crippen LogP contribution is 2.26. The van der Waals surface area contributed by atoms with Gasteiger partial charge in [-0.3, -0.25) is 19.0 Å². The van der Waals surface area contributed by atoms with Gasteiger partial charge in [-0.25, -0.2) is 18.4 Å². The molecule has 3 aromatic rings. The van der Waals surface area contributed by atoms with Crippen molar-refractivity contribution in [1.82, 2.24) is 19.7 Å². The molecular weight excluding hydrogens is 374 g/mol. The fourth-order valence-corrected chi connectivity index (χ4v) is 3.00. The fourth-order valence-electron chi connectivity index (χ4n) is 2.56. The van der Waals surface area contributed by atoms with Crippen molar-refractivity contribution in [3.63, 3.8) is 0 Å². The van der Waals surface area contributed by atoms with Gasteiger partial charge in [-0.1, -0.05) is 6.07 Å². The van der Waals surface area contributed by atoms with Crippen LogP contribution in [0.5, 0.6) is 0 Å². The monoisotopic (exact) mass is 389 g/mol. The van der Waals surface area contributed by atoms with E-state index in [-0.39, 0.29) is 24.0 Å². The first-order valence-electron chi connectivity index (χ1n) is 7.67. The molecule has 0 aliphatic heterocycles. The number of rotatable bonds is 6. The molecule has 10 nitrogen and oxygen atoms in total. The maximum absolute atomic E-state index is 11.9. The van der Waals surface area contributed by atoms with Crippen LogP contribution in [0.3, 0.4) is 0 Å². The van der Waals surface area contributed by atoms with Crippen molar-refractivity contribution in [3.8, 4) is 11.1 Å². The number of carboxylic acid groups (broad SMARTS) is 1. The van der Waals surface area contributed by atoms with Gasteiger partial charge in [0.1, 0.15) is 12.2 Å². The first-order chi connectivity index (χ1) is 12.6. The van der Waals surface area contributed by atoms with Crippen LogP contribution in [0.25, 0.3) is 22.0 Å². The quantitative estimate of drug-likeness (QED) is 0.597. The van der Waals surface area contributed by atoms with E-state index in [9.17, 15) is 18.0 Å². The minimum atomic E-state index is -3.48. The average Bonchev–Trinajstić information content (AvgIpc) is 2.91. The second kappa shape index (κ2) is 6.76. The molecule has 0 aliphatic rings. The van der Waals surface area contributed by atoms with Crippen LogP contribution in [0.2, 0.25) is 0 Å². The van der Waals surface area contributed by atoms with Crippen molar-refractivity contribution in [2.75, 3.05) is 11.0 Å². The van der Waals surface area contributed by atoms with Gasteiger partial charge in [-0.2, -0.15) is 5.10 Å². The third kappa shape index (κ3) is 4.08. The van der Waals surface area contributed by atoms with E-state index in [1.807, 2.05) is 0 Å². The van der Waals surface area contributed by atoms with Crippen LogP contribution < -0.4 is 4.72 Å². The minimum Gasteiger partial charge on any atom is -0.480 e. The Morgan fingerprint density at radius 2 is 1.85 bits per heavy atom. The third-order valence-corrected chi connectivity index (χ3v) is 4.18. The SMILES string of the molecule is CC(=O)c1nn(CC(=O)O)c2ccc(-c3cnc(NS(C)(=O)=O)nc3)cc12. The lowest BCUT2D eigenvalue weighted by atomic mass is 10.0. The molecule has 0 saturated heterocycles. The number of nitrogens with one attached hydrogen (secondary N) is 1. The average molecular weight is 389 g/mol. The van der Waals surface area contributed by atoms with Crippen molar-refractivity contribution >= 4 is 38.6 Å². The van der Waals surface area contributed by atoms with E-state index in [0.717, 1.165) is 6.26 Å². The number of hydrogen-bond donors (Lipinski definition) is 2. The smallest absolute Gasteiger partial charge is 0.325 e. The summed E-state index contributed by atoms with van der Waals surface area (Å²) >= 11 is 0. The number of sulfonamides is 1. The zero-order valence-electron chi connectivity index (χ0n) is 14.4.